The van der Waals surface area contributed by atoms with Gasteiger partial charge >= 0.3 is 0 Å². The molecule has 0 heterocycles. The van der Waals surface area contributed by atoms with Gasteiger partial charge in [0.15, 0.2) is 0 Å². The highest BCUT2D eigenvalue weighted by Crippen LogP contribution is 2.04. The van der Waals surface area contributed by atoms with Gasteiger partial charge in [0.25, 0.3) is 0 Å². The van der Waals surface area contributed by atoms with Gasteiger partial charge in [-0.15, -0.1) is 0 Å². The molecule has 1 N–H and O–H groups in total. The van der Waals surface area contributed by atoms with Crippen LogP contribution in [0, 0.1) is 5.82 Å². The number of carbonyl (C=O) groups is 1. The molecule has 2 nitrogen and oxygen atoms in total. The first-order valence-corrected chi connectivity index (χ1v) is 7.04. The van der Waals surface area contributed by atoms with Gasteiger partial charge in [-0.2, -0.15) is 11.8 Å². The fourth-order valence-corrected chi connectivity index (χ4v) is 2.07. The standard InChI is InChI=1S/C13H18FNOS/c1-10(7-8-17-2)15-13(16)9-11-3-5-12(14)6-4-11/h3-6,10H,7-9H2,1-2H3,(H,15,16)/t10-/m1/s1. The largest absolute Gasteiger partial charge is 0.353 e. The van der Waals surface area contributed by atoms with Crippen LogP contribution in [-0.2, 0) is 11.2 Å². The minimum Gasteiger partial charge on any atom is -0.353 e. The molecule has 1 aromatic rings. The van der Waals surface area contributed by atoms with E-state index in [1.165, 1.54) is 12.1 Å². The lowest BCUT2D eigenvalue weighted by Gasteiger charge is -2.13. The van der Waals surface area contributed by atoms with E-state index in [-0.39, 0.29) is 17.8 Å². The van der Waals surface area contributed by atoms with E-state index in [2.05, 4.69) is 5.32 Å². The Hall–Kier alpha value is -1.03. The summed E-state index contributed by atoms with van der Waals surface area (Å²) in [5, 5.41) is 2.93. The van der Waals surface area contributed by atoms with Crippen molar-refractivity contribution >= 4 is 17.7 Å². The van der Waals surface area contributed by atoms with Crippen molar-refractivity contribution in [2.75, 3.05) is 12.0 Å². The minimum atomic E-state index is -0.275. The van der Waals surface area contributed by atoms with E-state index in [0.717, 1.165) is 17.7 Å². The molecule has 94 valence electrons. The fraction of sp³-hybridized carbons (Fsp3) is 0.462. The zero-order chi connectivity index (χ0) is 12.7. The summed E-state index contributed by atoms with van der Waals surface area (Å²) in [6.45, 7) is 2.00. The van der Waals surface area contributed by atoms with Crippen molar-refractivity contribution in [3.05, 3.63) is 35.6 Å². The molecule has 0 radical (unpaired) electrons. The number of rotatable bonds is 6. The molecule has 0 aliphatic rings. The first kappa shape index (κ1) is 14.0. The average molecular weight is 255 g/mol. The van der Waals surface area contributed by atoms with E-state index >= 15 is 0 Å². The number of carbonyl (C=O) groups excluding carboxylic acids is 1. The molecule has 0 aromatic heterocycles. The minimum absolute atomic E-state index is 0.00906. The predicted octanol–water partition coefficient (Wildman–Crippen LogP) is 2.63. The normalized spacial score (nSPS) is 12.2. The lowest BCUT2D eigenvalue weighted by molar-refractivity contribution is -0.121. The molecule has 0 aliphatic heterocycles. The summed E-state index contributed by atoms with van der Waals surface area (Å²) in [5.74, 6) is 0.755. The van der Waals surface area contributed by atoms with E-state index in [1.54, 1.807) is 23.9 Å². The van der Waals surface area contributed by atoms with Gasteiger partial charge in [-0.3, -0.25) is 4.79 Å². The Bertz CT molecular complexity index is 353. The topological polar surface area (TPSA) is 29.1 Å². The number of thioether (sulfide) groups is 1. The molecular formula is C13H18FNOS. The third-order valence-electron chi connectivity index (χ3n) is 2.44. The number of hydrogen-bond donors (Lipinski definition) is 1. The molecule has 1 atom stereocenters. The predicted molar refractivity (Wildman–Crippen MR) is 70.7 cm³/mol. The summed E-state index contributed by atoms with van der Waals surface area (Å²) >= 11 is 1.77. The SMILES string of the molecule is CSCC[C@@H](C)NC(=O)Cc1ccc(F)cc1. The van der Waals surface area contributed by atoms with Gasteiger partial charge in [-0.1, -0.05) is 12.1 Å². The molecular weight excluding hydrogens is 237 g/mol. The zero-order valence-electron chi connectivity index (χ0n) is 10.2. The Morgan fingerprint density at radius 1 is 1.41 bits per heavy atom. The van der Waals surface area contributed by atoms with Gasteiger partial charge in [0.05, 0.1) is 6.42 Å². The van der Waals surface area contributed by atoms with E-state index in [0.29, 0.717) is 6.42 Å². The molecule has 0 aliphatic carbocycles. The molecule has 1 amide bonds. The molecule has 0 unspecified atom stereocenters. The quantitative estimate of drug-likeness (QED) is 0.846. The van der Waals surface area contributed by atoms with Crippen LogP contribution in [0.15, 0.2) is 24.3 Å². The monoisotopic (exact) mass is 255 g/mol. The third kappa shape index (κ3) is 5.73. The van der Waals surface area contributed by atoms with Crippen molar-refractivity contribution in [2.45, 2.75) is 25.8 Å². The first-order valence-electron chi connectivity index (χ1n) is 5.64. The van der Waals surface area contributed by atoms with Gasteiger partial charge in [0.2, 0.25) is 5.91 Å². The van der Waals surface area contributed by atoms with Crippen LogP contribution in [0.4, 0.5) is 4.39 Å². The van der Waals surface area contributed by atoms with Crippen molar-refractivity contribution < 1.29 is 9.18 Å². The molecule has 0 fully saturated rings. The second kappa shape index (κ2) is 7.33. The molecule has 0 saturated carbocycles. The van der Waals surface area contributed by atoms with Crippen LogP contribution in [0.3, 0.4) is 0 Å². The highest BCUT2D eigenvalue weighted by atomic mass is 32.2. The molecule has 17 heavy (non-hydrogen) atoms. The van der Waals surface area contributed by atoms with Gasteiger partial charge in [-0.05, 0) is 43.0 Å². The summed E-state index contributed by atoms with van der Waals surface area (Å²) in [6.07, 6.45) is 3.33. The van der Waals surface area contributed by atoms with Crippen LogP contribution in [0.5, 0.6) is 0 Å². The highest BCUT2D eigenvalue weighted by Gasteiger charge is 2.07. The molecule has 0 bridgehead atoms. The Morgan fingerprint density at radius 2 is 2.06 bits per heavy atom. The smallest absolute Gasteiger partial charge is 0.224 e. The van der Waals surface area contributed by atoms with Crippen LogP contribution in [0.1, 0.15) is 18.9 Å². The molecule has 0 saturated heterocycles. The summed E-state index contributed by atoms with van der Waals surface area (Å²) < 4.78 is 12.7. The molecule has 1 rings (SSSR count). The zero-order valence-corrected chi connectivity index (χ0v) is 11.0. The summed E-state index contributed by atoms with van der Waals surface area (Å²) in [5.41, 5.74) is 0.834. The van der Waals surface area contributed by atoms with E-state index in [9.17, 15) is 9.18 Å². The lowest BCUT2D eigenvalue weighted by Crippen LogP contribution is -2.34. The average Bonchev–Trinajstić information content (AvgIpc) is 2.29. The Morgan fingerprint density at radius 3 is 2.65 bits per heavy atom. The third-order valence-corrected chi connectivity index (χ3v) is 3.08. The van der Waals surface area contributed by atoms with Crippen molar-refractivity contribution in [3.8, 4) is 0 Å². The summed E-state index contributed by atoms with van der Waals surface area (Å²) in [6, 6.07) is 6.22. The second-order valence-corrected chi connectivity index (χ2v) is 5.04. The summed E-state index contributed by atoms with van der Waals surface area (Å²) in [7, 11) is 0. The van der Waals surface area contributed by atoms with Crippen molar-refractivity contribution in [1.82, 2.24) is 5.32 Å². The van der Waals surface area contributed by atoms with Crippen LogP contribution >= 0.6 is 11.8 Å². The maximum Gasteiger partial charge on any atom is 0.224 e. The van der Waals surface area contributed by atoms with Gasteiger partial charge < -0.3 is 5.32 Å². The lowest BCUT2D eigenvalue weighted by atomic mass is 10.1. The number of halogens is 1. The van der Waals surface area contributed by atoms with Crippen LogP contribution in [-0.4, -0.2) is 24.0 Å². The molecule has 4 heteroatoms. The van der Waals surface area contributed by atoms with Gasteiger partial charge in [-0.25, -0.2) is 4.39 Å². The number of nitrogens with one attached hydrogen (secondary N) is 1. The number of amides is 1. The highest BCUT2D eigenvalue weighted by molar-refractivity contribution is 7.98. The summed E-state index contributed by atoms with van der Waals surface area (Å²) in [4.78, 5) is 11.7. The number of benzene rings is 1. The van der Waals surface area contributed by atoms with Crippen LogP contribution in [0.25, 0.3) is 0 Å². The Balaban J connectivity index is 2.36. The van der Waals surface area contributed by atoms with E-state index in [1.807, 2.05) is 13.2 Å². The Kier molecular flexibility index (Phi) is 6.05. The van der Waals surface area contributed by atoms with E-state index < -0.39 is 0 Å². The van der Waals surface area contributed by atoms with Crippen LogP contribution < -0.4 is 5.32 Å². The number of hydrogen-bond acceptors (Lipinski definition) is 2. The second-order valence-electron chi connectivity index (χ2n) is 4.05. The van der Waals surface area contributed by atoms with Crippen molar-refractivity contribution in [3.63, 3.8) is 0 Å². The van der Waals surface area contributed by atoms with Gasteiger partial charge in [0.1, 0.15) is 5.82 Å². The van der Waals surface area contributed by atoms with Crippen molar-refractivity contribution in [2.24, 2.45) is 0 Å². The van der Waals surface area contributed by atoms with Crippen LogP contribution in [0.2, 0.25) is 0 Å². The van der Waals surface area contributed by atoms with Gasteiger partial charge in [0, 0.05) is 6.04 Å². The molecule has 1 aromatic carbocycles. The Labute approximate surface area is 106 Å². The fourth-order valence-electron chi connectivity index (χ4n) is 1.48. The molecule has 0 spiro atoms. The first-order chi connectivity index (χ1) is 8.11. The van der Waals surface area contributed by atoms with Crippen molar-refractivity contribution in [1.29, 1.82) is 0 Å². The maximum absolute atomic E-state index is 12.7. The van der Waals surface area contributed by atoms with E-state index in [4.69, 9.17) is 0 Å². The maximum atomic E-state index is 12.7.